The lowest BCUT2D eigenvalue weighted by Crippen LogP contribution is -2.26. The predicted molar refractivity (Wildman–Crippen MR) is 77.3 cm³/mol. The smallest absolute Gasteiger partial charge is 0.309 e. The lowest BCUT2D eigenvalue weighted by molar-refractivity contribution is -0.146. The summed E-state index contributed by atoms with van der Waals surface area (Å²) in [5.41, 5.74) is -0.303. The zero-order chi connectivity index (χ0) is 14.9. The Bertz CT molecular complexity index is 659. The van der Waals surface area contributed by atoms with Crippen LogP contribution in [0.25, 0.3) is 10.8 Å². The highest BCUT2D eigenvalue weighted by Crippen LogP contribution is 2.36. The molecule has 0 amide bonds. The van der Waals surface area contributed by atoms with E-state index in [-0.39, 0.29) is 12.2 Å². The van der Waals surface area contributed by atoms with Gasteiger partial charge in [-0.1, -0.05) is 24.3 Å². The average molecular weight is 274 g/mol. The summed E-state index contributed by atoms with van der Waals surface area (Å²) in [6, 6.07) is 9.02. The number of phenolic OH excluding ortho intramolecular Hbond substituents is 1. The lowest BCUT2D eigenvalue weighted by atomic mass is 9.85. The fourth-order valence-corrected chi connectivity index (χ4v) is 2.23. The monoisotopic (exact) mass is 274 g/mol. The highest BCUT2D eigenvalue weighted by molar-refractivity contribution is 5.94. The molecule has 0 aliphatic heterocycles. The Hall–Kier alpha value is -2.23. The first-order valence-corrected chi connectivity index (χ1v) is 6.38. The number of benzene rings is 2. The van der Waals surface area contributed by atoms with Gasteiger partial charge in [0.15, 0.2) is 0 Å². The molecule has 0 aliphatic rings. The van der Waals surface area contributed by atoms with E-state index in [4.69, 9.17) is 4.74 Å². The maximum atomic E-state index is 11.2. The third kappa shape index (κ3) is 2.41. The van der Waals surface area contributed by atoms with E-state index >= 15 is 0 Å². The van der Waals surface area contributed by atoms with Crippen LogP contribution in [-0.4, -0.2) is 23.3 Å². The molecule has 106 valence electrons. The first kappa shape index (κ1) is 14.2. The van der Waals surface area contributed by atoms with Crippen molar-refractivity contribution in [1.82, 2.24) is 0 Å². The maximum absolute atomic E-state index is 11.2. The van der Waals surface area contributed by atoms with E-state index in [2.05, 4.69) is 0 Å². The number of ether oxygens (including phenoxy) is 1. The molecule has 0 aromatic heterocycles. The van der Waals surface area contributed by atoms with E-state index in [0.717, 1.165) is 5.39 Å². The Balaban J connectivity index is 2.53. The van der Waals surface area contributed by atoms with Gasteiger partial charge in [-0.2, -0.15) is 0 Å². The second-order valence-corrected chi connectivity index (χ2v) is 5.49. The first-order chi connectivity index (χ1) is 9.36. The number of phenols is 1. The molecule has 0 aliphatic carbocycles. The summed E-state index contributed by atoms with van der Waals surface area (Å²) < 4.78 is 5.26. The Morgan fingerprint density at radius 2 is 1.90 bits per heavy atom. The minimum atomic E-state index is -0.927. The molecule has 20 heavy (non-hydrogen) atoms. The van der Waals surface area contributed by atoms with Gasteiger partial charge in [-0.25, -0.2) is 0 Å². The largest absolute Gasteiger partial charge is 0.507 e. The van der Waals surface area contributed by atoms with Gasteiger partial charge in [0, 0.05) is 10.8 Å². The topological polar surface area (TPSA) is 66.8 Å². The fraction of sp³-hybridized carbons (Fsp3) is 0.312. The molecular weight excluding hydrogens is 256 g/mol. The van der Waals surface area contributed by atoms with Crippen molar-refractivity contribution in [2.75, 3.05) is 7.11 Å². The van der Waals surface area contributed by atoms with Crippen molar-refractivity contribution in [3.8, 4) is 11.5 Å². The van der Waals surface area contributed by atoms with E-state index in [0.29, 0.717) is 16.7 Å². The molecule has 0 saturated heterocycles. The zero-order valence-electron chi connectivity index (χ0n) is 11.8. The van der Waals surface area contributed by atoms with Crippen LogP contribution < -0.4 is 4.74 Å². The van der Waals surface area contributed by atoms with Gasteiger partial charge in [0.05, 0.1) is 12.5 Å². The van der Waals surface area contributed by atoms with Gasteiger partial charge < -0.3 is 14.9 Å². The molecule has 2 aromatic rings. The van der Waals surface area contributed by atoms with Gasteiger partial charge in [0.1, 0.15) is 11.5 Å². The molecule has 0 spiro atoms. The SMILES string of the molecule is COc1cccc2c(O)c(CC(C)(C)C(=O)O)ccc12. The molecule has 2 rings (SSSR count). The molecular formula is C16H18O4. The van der Waals surface area contributed by atoms with Crippen LogP contribution in [0, 0.1) is 5.41 Å². The summed E-state index contributed by atoms with van der Waals surface area (Å²) in [7, 11) is 1.58. The number of carboxylic acids is 1. The molecule has 0 radical (unpaired) electrons. The van der Waals surface area contributed by atoms with Crippen LogP contribution in [0.4, 0.5) is 0 Å². The molecule has 4 nitrogen and oxygen atoms in total. The number of fused-ring (bicyclic) bond motifs is 1. The van der Waals surface area contributed by atoms with Gasteiger partial charge in [-0.15, -0.1) is 0 Å². The standard InChI is InChI=1S/C16H18O4/c1-16(2,15(18)19)9-10-7-8-11-12(14(10)17)5-4-6-13(11)20-3/h4-8,17H,9H2,1-3H3,(H,18,19). The van der Waals surface area contributed by atoms with Gasteiger partial charge in [0.2, 0.25) is 0 Å². The number of rotatable bonds is 4. The number of hydrogen-bond donors (Lipinski definition) is 2. The number of aromatic hydroxyl groups is 1. The van der Waals surface area contributed by atoms with Gasteiger partial charge in [0.25, 0.3) is 0 Å². The molecule has 2 N–H and O–H groups in total. The van der Waals surface area contributed by atoms with E-state index in [9.17, 15) is 15.0 Å². The Kier molecular flexibility index (Phi) is 3.57. The van der Waals surface area contributed by atoms with Crippen LogP contribution in [0.2, 0.25) is 0 Å². The zero-order valence-corrected chi connectivity index (χ0v) is 11.8. The Morgan fingerprint density at radius 3 is 2.50 bits per heavy atom. The van der Waals surface area contributed by atoms with Crippen molar-refractivity contribution < 1.29 is 19.7 Å². The van der Waals surface area contributed by atoms with Crippen LogP contribution in [0.5, 0.6) is 11.5 Å². The third-order valence-electron chi connectivity index (χ3n) is 3.51. The summed E-state index contributed by atoms with van der Waals surface area (Å²) in [4.78, 5) is 11.2. The van der Waals surface area contributed by atoms with Crippen molar-refractivity contribution in [1.29, 1.82) is 0 Å². The van der Waals surface area contributed by atoms with Crippen LogP contribution in [0.1, 0.15) is 19.4 Å². The lowest BCUT2D eigenvalue weighted by Gasteiger charge is -2.20. The molecule has 2 aromatic carbocycles. The van der Waals surface area contributed by atoms with E-state index in [1.807, 2.05) is 12.1 Å². The van der Waals surface area contributed by atoms with Crippen molar-refractivity contribution in [2.45, 2.75) is 20.3 Å². The van der Waals surface area contributed by atoms with E-state index in [1.165, 1.54) is 0 Å². The van der Waals surface area contributed by atoms with Crippen LogP contribution in [0.3, 0.4) is 0 Å². The maximum Gasteiger partial charge on any atom is 0.309 e. The summed E-state index contributed by atoms with van der Waals surface area (Å²) in [5, 5.41) is 21.0. The second kappa shape index (κ2) is 5.04. The van der Waals surface area contributed by atoms with Crippen LogP contribution in [-0.2, 0) is 11.2 Å². The third-order valence-corrected chi connectivity index (χ3v) is 3.51. The number of aliphatic carboxylic acids is 1. The molecule has 0 bridgehead atoms. The fourth-order valence-electron chi connectivity index (χ4n) is 2.23. The highest BCUT2D eigenvalue weighted by atomic mass is 16.5. The minimum Gasteiger partial charge on any atom is -0.507 e. The molecule has 0 atom stereocenters. The summed E-state index contributed by atoms with van der Waals surface area (Å²) in [6.45, 7) is 3.29. The molecule has 0 fully saturated rings. The number of methoxy groups -OCH3 is 1. The van der Waals surface area contributed by atoms with Gasteiger partial charge >= 0.3 is 5.97 Å². The number of hydrogen-bond acceptors (Lipinski definition) is 3. The minimum absolute atomic E-state index is 0.121. The van der Waals surface area contributed by atoms with Crippen molar-refractivity contribution >= 4 is 16.7 Å². The first-order valence-electron chi connectivity index (χ1n) is 6.38. The summed E-state index contributed by atoms with van der Waals surface area (Å²) >= 11 is 0. The van der Waals surface area contributed by atoms with Gasteiger partial charge in [-0.3, -0.25) is 4.79 Å². The van der Waals surface area contributed by atoms with Crippen LogP contribution >= 0.6 is 0 Å². The molecule has 0 saturated carbocycles. The van der Waals surface area contributed by atoms with Crippen molar-refractivity contribution in [3.63, 3.8) is 0 Å². The Morgan fingerprint density at radius 1 is 1.20 bits per heavy atom. The van der Waals surface area contributed by atoms with Crippen LogP contribution in [0.15, 0.2) is 30.3 Å². The number of carboxylic acid groups (broad SMARTS) is 1. The molecule has 4 heteroatoms. The predicted octanol–water partition coefficient (Wildman–Crippen LogP) is 3.21. The average Bonchev–Trinajstić information content (AvgIpc) is 2.41. The Labute approximate surface area is 117 Å². The van der Waals surface area contributed by atoms with Crippen molar-refractivity contribution in [2.24, 2.45) is 5.41 Å². The summed E-state index contributed by atoms with van der Waals surface area (Å²) in [5.74, 6) is -0.0831. The molecule has 0 unspecified atom stereocenters. The van der Waals surface area contributed by atoms with Gasteiger partial charge in [-0.05, 0) is 31.9 Å². The highest BCUT2D eigenvalue weighted by Gasteiger charge is 2.28. The van der Waals surface area contributed by atoms with E-state index < -0.39 is 11.4 Å². The van der Waals surface area contributed by atoms with E-state index in [1.54, 1.807) is 39.2 Å². The second-order valence-electron chi connectivity index (χ2n) is 5.49. The normalized spacial score (nSPS) is 11.6. The quantitative estimate of drug-likeness (QED) is 0.898. The van der Waals surface area contributed by atoms with Crippen molar-refractivity contribution in [3.05, 3.63) is 35.9 Å². The molecule has 0 heterocycles. The summed E-state index contributed by atoms with van der Waals surface area (Å²) in [6.07, 6.45) is 0.265. The number of carbonyl (C=O) groups is 1.